The molecular weight excluding hydrogens is 316 g/mol. The minimum absolute atomic E-state index is 0.308. The lowest BCUT2D eigenvalue weighted by atomic mass is 10.1. The van der Waals surface area contributed by atoms with E-state index in [2.05, 4.69) is 10.6 Å². The molecule has 0 saturated carbocycles. The molecule has 122 valence electrons. The fourth-order valence-electron chi connectivity index (χ4n) is 2.09. The normalized spacial score (nSPS) is 11.6. The minimum atomic E-state index is -0.315. The first-order valence-electron chi connectivity index (χ1n) is 7.10. The zero-order chi connectivity index (χ0) is 16.7. The van der Waals surface area contributed by atoms with E-state index in [1.165, 1.54) is 0 Å². The summed E-state index contributed by atoms with van der Waals surface area (Å²) in [7, 11) is 3.17. The summed E-state index contributed by atoms with van der Waals surface area (Å²) in [6, 6.07) is 14.2. The van der Waals surface area contributed by atoms with E-state index in [4.69, 9.17) is 21.1 Å². The van der Waals surface area contributed by atoms with Crippen molar-refractivity contribution >= 4 is 23.3 Å². The number of carbonyl (C=O) groups excluding carboxylic acids is 1. The number of urea groups is 1. The Bertz CT molecular complexity index is 647. The molecule has 0 radical (unpaired) electrons. The van der Waals surface area contributed by atoms with Gasteiger partial charge in [0.25, 0.3) is 0 Å². The summed E-state index contributed by atoms with van der Waals surface area (Å²) < 4.78 is 10.5. The number of anilines is 1. The molecule has 5 nitrogen and oxygen atoms in total. The number of nitrogens with one attached hydrogen (secondary N) is 2. The third-order valence-electron chi connectivity index (χ3n) is 3.33. The second-order valence-electron chi connectivity index (χ2n) is 4.81. The quantitative estimate of drug-likeness (QED) is 0.843. The highest BCUT2D eigenvalue weighted by molar-refractivity contribution is 6.31. The van der Waals surface area contributed by atoms with Crippen molar-refractivity contribution in [1.29, 1.82) is 0 Å². The van der Waals surface area contributed by atoms with E-state index in [1.807, 2.05) is 18.2 Å². The van der Waals surface area contributed by atoms with Gasteiger partial charge in [-0.2, -0.15) is 0 Å². The highest BCUT2D eigenvalue weighted by Gasteiger charge is 2.14. The van der Waals surface area contributed by atoms with Crippen LogP contribution in [0.2, 0.25) is 5.02 Å². The summed E-state index contributed by atoms with van der Waals surface area (Å²) in [4.78, 5) is 12.0. The van der Waals surface area contributed by atoms with Gasteiger partial charge in [-0.25, -0.2) is 4.79 Å². The summed E-state index contributed by atoms with van der Waals surface area (Å²) >= 11 is 6.15. The molecule has 0 saturated heterocycles. The van der Waals surface area contributed by atoms with Crippen molar-refractivity contribution < 1.29 is 14.3 Å². The van der Waals surface area contributed by atoms with Gasteiger partial charge in [-0.3, -0.25) is 0 Å². The molecular formula is C17H19ClN2O3. The molecule has 6 heteroatoms. The first kappa shape index (κ1) is 17.1. The number of rotatable bonds is 6. The van der Waals surface area contributed by atoms with Crippen LogP contribution in [0.4, 0.5) is 10.5 Å². The number of methoxy groups -OCH3 is 2. The van der Waals surface area contributed by atoms with E-state index in [1.54, 1.807) is 44.6 Å². The fourth-order valence-corrected chi connectivity index (χ4v) is 2.35. The molecule has 23 heavy (non-hydrogen) atoms. The highest BCUT2D eigenvalue weighted by atomic mass is 35.5. The Labute approximate surface area is 140 Å². The summed E-state index contributed by atoms with van der Waals surface area (Å²) in [5.74, 6) is 0.731. The predicted octanol–water partition coefficient (Wildman–Crippen LogP) is 3.86. The number of halogens is 1. The number of ether oxygens (including phenoxy) is 2. The molecule has 0 aromatic heterocycles. The van der Waals surface area contributed by atoms with Gasteiger partial charge in [-0.05, 0) is 30.3 Å². The van der Waals surface area contributed by atoms with E-state index in [0.29, 0.717) is 17.3 Å². The third-order valence-corrected chi connectivity index (χ3v) is 3.68. The standard InChI is InChI=1S/C17H19ClN2O3/c1-22-13-9-7-12(8-10-13)20-17(21)19-11-16(23-2)14-5-3-4-6-15(14)18/h3-10,16H,11H2,1-2H3,(H2,19,20,21). The molecule has 0 aliphatic heterocycles. The minimum Gasteiger partial charge on any atom is -0.497 e. The van der Waals surface area contributed by atoms with Crippen molar-refractivity contribution in [1.82, 2.24) is 5.32 Å². The van der Waals surface area contributed by atoms with Gasteiger partial charge in [0.2, 0.25) is 0 Å². The predicted molar refractivity (Wildman–Crippen MR) is 91.2 cm³/mol. The van der Waals surface area contributed by atoms with Crippen LogP contribution < -0.4 is 15.4 Å². The van der Waals surface area contributed by atoms with E-state index in [0.717, 1.165) is 11.3 Å². The Morgan fingerprint density at radius 2 is 1.83 bits per heavy atom. The molecule has 2 amide bonds. The maximum atomic E-state index is 12.0. The number of carbonyl (C=O) groups is 1. The lowest BCUT2D eigenvalue weighted by Crippen LogP contribution is -2.33. The van der Waals surface area contributed by atoms with Gasteiger partial charge in [0.15, 0.2) is 0 Å². The lowest BCUT2D eigenvalue weighted by molar-refractivity contribution is 0.104. The highest BCUT2D eigenvalue weighted by Crippen LogP contribution is 2.24. The van der Waals surface area contributed by atoms with Gasteiger partial charge in [-0.15, -0.1) is 0 Å². The molecule has 0 heterocycles. The van der Waals surface area contributed by atoms with Crippen LogP contribution in [0.15, 0.2) is 48.5 Å². The maximum absolute atomic E-state index is 12.0. The number of hydrogen-bond acceptors (Lipinski definition) is 3. The van der Waals surface area contributed by atoms with Crippen LogP contribution in [0.1, 0.15) is 11.7 Å². The molecule has 2 rings (SSSR count). The molecule has 0 aliphatic carbocycles. The molecule has 1 atom stereocenters. The largest absolute Gasteiger partial charge is 0.497 e. The first-order chi connectivity index (χ1) is 11.1. The average Bonchev–Trinajstić information content (AvgIpc) is 2.57. The van der Waals surface area contributed by atoms with Gasteiger partial charge in [-0.1, -0.05) is 29.8 Å². The van der Waals surface area contributed by atoms with Crippen molar-refractivity contribution in [3.63, 3.8) is 0 Å². The molecule has 0 spiro atoms. The van der Waals surface area contributed by atoms with Crippen LogP contribution in [-0.4, -0.2) is 26.8 Å². The Kier molecular flexibility index (Phi) is 6.26. The van der Waals surface area contributed by atoms with Crippen molar-refractivity contribution in [2.24, 2.45) is 0 Å². The molecule has 0 aliphatic rings. The van der Waals surface area contributed by atoms with Gasteiger partial charge >= 0.3 is 6.03 Å². The zero-order valence-electron chi connectivity index (χ0n) is 13.0. The van der Waals surface area contributed by atoms with E-state index < -0.39 is 0 Å². The van der Waals surface area contributed by atoms with Crippen molar-refractivity contribution in [3.8, 4) is 5.75 Å². The topological polar surface area (TPSA) is 59.6 Å². The Hall–Kier alpha value is -2.24. The number of amides is 2. The van der Waals surface area contributed by atoms with Crippen molar-refractivity contribution in [2.75, 3.05) is 26.1 Å². The monoisotopic (exact) mass is 334 g/mol. The summed E-state index contributed by atoms with van der Waals surface area (Å²) in [5.41, 5.74) is 1.51. The molecule has 0 bridgehead atoms. The number of hydrogen-bond donors (Lipinski definition) is 2. The van der Waals surface area contributed by atoms with Gasteiger partial charge < -0.3 is 20.1 Å². The molecule has 1 unspecified atom stereocenters. The molecule has 2 aromatic carbocycles. The van der Waals surface area contributed by atoms with Gasteiger partial charge in [0.1, 0.15) is 11.9 Å². The van der Waals surface area contributed by atoms with Crippen LogP contribution in [0.3, 0.4) is 0 Å². The Morgan fingerprint density at radius 3 is 2.43 bits per heavy atom. The van der Waals surface area contributed by atoms with Gasteiger partial charge in [0.05, 0.1) is 7.11 Å². The second-order valence-corrected chi connectivity index (χ2v) is 5.22. The third kappa shape index (κ3) is 4.87. The molecule has 2 N–H and O–H groups in total. The smallest absolute Gasteiger partial charge is 0.319 e. The van der Waals surface area contributed by atoms with Crippen LogP contribution >= 0.6 is 11.6 Å². The molecule has 2 aromatic rings. The lowest BCUT2D eigenvalue weighted by Gasteiger charge is -2.18. The molecule has 0 fully saturated rings. The maximum Gasteiger partial charge on any atom is 0.319 e. The second kappa shape index (κ2) is 8.41. The van der Waals surface area contributed by atoms with Crippen LogP contribution in [0, 0.1) is 0 Å². The Morgan fingerprint density at radius 1 is 1.13 bits per heavy atom. The van der Waals surface area contributed by atoms with Crippen molar-refractivity contribution in [3.05, 3.63) is 59.1 Å². The summed E-state index contributed by atoms with van der Waals surface area (Å²) in [6.07, 6.45) is -0.315. The zero-order valence-corrected chi connectivity index (χ0v) is 13.8. The van der Waals surface area contributed by atoms with E-state index in [-0.39, 0.29) is 12.1 Å². The first-order valence-corrected chi connectivity index (χ1v) is 7.48. The SMILES string of the molecule is COc1ccc(NC(=O)NCC(OC)c2ccccc2Cl)cc1. The van der Waals surface area contributed by atoms with Crippen LogP contribution in [0.5, 0.6) is 5.75 Å². The van der Waals surface area contributed by atoms with Crippen LogP contribution in [-0.2, 0) is 4.74 Å². The van der Waals surface area contributed by atoms with Gasteiger partial charge in [0, 0.05) is 29.9 Å². The van der Waals surface area contributed by atoms with Crippen molar-refractivity contribution in [2.45, 2.75) is 6.10 Å². The summed E-state index contributed by atoms with van der Waals surface area (Å²) in [6.45, 7) is 0.308. The Balaban J connectivity index is 1.90. The summed E-state index contributed by atoms with van der Waals surface area (Å²) in [5, 5.41) is 6.12. The van der Waals surface area contributed by atoms with E-state index >= 15 is 0 Å². The fraction of sp³-hybridized carbons (Fsp3) is 0.235. The van der Waals surface area contributed by atoms with Crippen LogP contribution in [0.25, 0.3) is 0 Å². The number of benzene rings is 2. The average molecular weight is 335 g/mol. The van der Waals surface area contributed by atoms with E-state index in [9.17, 15) is 4.79 Å².